The maximum atomic E-state index is 13.2. The Bertz CT molecular complexity index is 1050. The highest BCUT2D eigenvalue weighted by molar-refractivity contribution is 7.89. The maximum Gasteiger partial charge on any atom is 0.243 e. The van der Waals surface area contributed by atoms with E-state index in [2.05, 4.69) is 5.32 Å². The molecule has 2 aromatic rings. The molecule has 33 heavy (non-hydrogen) atoms. The molecule has 180 valence electrons. The van der Waals surface area contributed by atoms with Gasteiger partial charge in [-0.15, -0.1) is 0 Å². The third-order valence-corrected chi connectivity index (χ3v) is 8.04. The standard InChI is InChI=1S/C23H31N3O6S/c1-25(2)19(20-5-3-12-30-20)16-24-23(27)17-8-10-26(11-9-17)33(28,29)18-6-7-21-22(15-18)32-14-4-13-31-21/h3,5-7,12,15,17,19H,4,8-11,13-14,16H2,1-2H3,(H,24,27)/t19-/m1/s1. The predicted octanol–water partition coefficient (Wildman–Crippen LogP) is 2.26. The molecule has 2 aliphatic rings. The number of benzene rings is 1. The molecular weight excluding hydrogens is 446 g/mol. The molecule has 0 aliphatic carbocycles. The van der Waals surface area contributed by atoms with Crippen LogP contribution in [0.1, 0.15) is 31.1 Å². The Balaban J connectivity index is 1.34. The van der Waals surface area contributed by atoms with Crippen molar-refractivity contribution in [1.82, 2.24) is 14.5 Å². The Morgan fingerprint density at radius 1 is 1.15 bits per heavy atom. The van der Waals surface area contributed by atoms with Crippen LogP contribution in [0.15, 0.2) is 45.9 Å². The summed E-state index contributed by atoms with van der Waals surface area (Å²) in [6.07, 6.45) is 3.32. The molecule has 1 saturated heterocycles. The number of ether oxygens (including phenoxy) is 2. The highest BCUT2D eigenvalue weighted by Gasteiger charge is 2.33. The molecule has 1 amide bonds. The minimum absolute atomic E-state index is 0.0546. The van der Waals surface area contributed by atoms with E-state index in [0.29, 0.717) is 57.2 Å². The largest absolute Gasteiger partial charge is 0.490 e. The predicted molar refractivity (Wildman–Crippen MR) is 122 cm³/mol. The summed E-state index contributed by atoms with van der Waals surface area (Å²) in [5.41, 5.74) is 0. The van der Waals surface area contributed by atoms with Gasteiger partial charge in [-0.05, 0) is 51.2 Å². The van der Waals surface area contributed by atoms with Gasteiger partial charge in [-0.2, -0.15) is 4.31 Å². The number of nitrogens with zero attached hydrogens (tertiary/aromatic N) is 2. The lowest BCUT2D eigenvalue weighted by atomic mass is 9.97. The molecule has 0 saturated carbocycles. The van der Waals surface area contributed by atoms with Crippen LogP contribution in [-0.4, -0.2) is 70.5 Å². The minimum Gasteiger partial charge on any atom is -0.490 e. The molecule has 2 aliphatic heterocycles. The Kier molecular flexibility index (Phi) is 7.26. The third kappa shape index (κ3) is 5.34. The van der Waals surface area contributed by atoms with E-state index in [9.17, 15) is 13.2 Å². The van der Waals surface area contributed by atoms with E-state index in [-0.39, 0.29) is 22.8 Å². The number of nitrogens with one attached hydrogen (secondary N) is 1. The monoisotopic (exact) mass is 477 g/mol. The number of carbonyl (C=O) groups excluding carboxylic acids is 1. The zero-order valence-electron chi connectivity index (χ0n) is 19.0. The summed E-state index contributed by atoms with van der Waals surface area (Å²) in [5.74, 6) is 1.53. The minimum atomic E-state index is -3.68. The fourth-order valence-corrected chi connectivity index (χ4v) is 5.66. The number of furan rings is 1. The average molecular weight is 478 g/mol. The molecule has 1 atom stereocenters. The van der Waals surface area contributed by atoms with Crippen LogP contribution in [0.3, 0.4) is 0 Å². The molecular formula is C23H31N3O6S. The van der Waals surface area contributed by atoms with Gasteiger partial charge in [-0.3, -0.25) is 9.69 Å². The summed E-state index contributed by atoms with van der Waals surface area (Å²) in [7, 11) is 0.190. The molecule has 1 N–H and O–H groups in total. The highest BCUT2D eigenvalue weighted by Crippen LogP contribution is 2.33. The maximum absolute atomic E-state index is 13.2. The second kappa shape index (κ2) is 10.1. The lowest BCUT2D eigenvalue weighted by molar-refractivity contribution is -0.126. The second-order valence-corrected chi connectivity index (χ2v) is 10.5. The Morgan fingerprint density at radius 3 is 2.55 bits per heavy atom. The van der Waals surface area contributed by atoms with Gasteiger partial charge in [0.05, 0.1) is 30.4 Å². The molecule has 0 radical (unpaired) electrons. The summed E-state index contributed by atoms with van der Waals surface area (Å²) < 4.78 is 44.5. The Labute approximate surface area is 194 Å². The van der Waals surface area contributed by atoms with Gasteiger partial charge in [-0.1, -0.05) is 0 Å². The van der Waals surface area contributed by atoms with Gasteiger partial charge >= 0.3 is 0 Å². The molecule has 1 aromatic carbocycles. The summed E-state index contributed by atoms with van der Waals surface area (Å²) in [4.78, 5) is 14.9. The number of sulfonamides is 1. The third-order valence-electron chi connectivity index (χ3n) is 6.15. The van der Waals surface area contributed by atoms with Gasteiger partial charge in [0.15, 0.2) is 11.5 Å². The van der Waals surface area contributed by atoms with Crippen LogP contribution in [0, 0.1) is 5.92 Å². The van der Waals surface area contributed by atoms with Gasteiger partial charge in [0.2, 0.25) is 15.9 Å². The Morgan fingerprint density at radius 2 is 1.88 bits per heavy atom. The van der Waals surface area contributed by atoms with Crippen molar-refractivity contribution < 1.29 is 27.1 Å². The number of amides is 1. The van der Waals surface area contributed by atoms with Crippen LogP contribution >= 0.6 is 0 Å². The second-order valence-electron chi connectivity index (χ2n) is 8.58. The first kappa shape index (κ1) is 23.6. The highest BCUT2D eigenvalue weighted by atomic mass is 32.2. The van der Waals surface area contributed by atoms with Crippen molar-refractivity contribution in [2.75, 3.05) is 46.9 Å². The van der Waals surface area contributed by atoms with Crippen molar-refractivity contribution >= 4 is 15.9 Å². The summed E-state index contributed by atoms with van der Waals surface area (Å²) in [5, 5.41) is 3.01. The lowest BCUT2D eigenvalue weighted by Gasteiger charge is -2.31. The van der Waals surface area contributed by atoms with Crippen LogP contribution in [0.4, 0.5) is 0 Å². The van der Waals surface area contributed by atoms with Crippen LogP contribution in [0.25, 0.3) is 0 Å². The zero-order valence-corrected chi connectivity index (χ0v) is 19.8. The van der Waals surface area contributed by atoms with Crippen LogP contribution < -0.4 is 14.8 Å². The van der Waals surface area contributed by atoms with Gasteiger partial charge < -0.3 is 19.2 Å². The lowest BCUT2D eigenvalue weighted by Crippen LogP contribution is -2.44. The number of hydrogen-bond donors (Lipinski definition) is 1. The normalized spacial score (nSPS) is 18.6. The molecule has 0 bridgehead atoms. The van der Waals surface area contributed by atoms with Gasteiger partial charge in [0.25, 0.3) is 0 Å². The molecule has 4 rings (SSSR count). The first-order valence-electron chi connectivity index (χ1n) is 11.2. The summed E-state index contributed by atoms with van der Waals surface area (Å²) in [6.45, 7) is 2.06. The van der Waals surface area contributed by atoms with Crippen molar-refractivity contribution in [3.8, 4) is 11.5 Å². The smallest absolute Gasteiger partial charge is 0.243 e. The van der Waals surface area contributed by atoms with Crippen molar-refractivity contribution in [1.29, 1.82) is 0 Å². The number of hydrogen-bond acceptors (Lipinski definition) is 7. The van der Waals surface area contributed by atoms with Gasteiger partial charge in [0, 0.05) is 38.0 Å². The van der Waals surface area contributed by atoms with Crippen molar-refractivity contribution in [2.24, 2.45) is 5.92 Å². The SMILES string of the molecule is CN(C)[C@H](CNC(=O)C1CCN(S(=O)(=O)c2ccc3c(c2)OCCCO3)CC1)c1ccco1. The molecule has 9 nitrogen and oxygen atoms in total. The molecule has 3 heterocycles. The van der Waals surface area contributed by atoms with E-state index in [1.54, 1.807) is 18.4 Å². The van der Waals surface area contributed by atoms with E-state index in [4.69, 9.17) is 13.9 Å². The summed E-state index contributed by atoms with van der Waals surface area (Å²) >= 11 is 0. The van der Waals surface area contributed by atoms with Gasteiger partial charge in [0.1, 0.15) is 5.76 Å². The van der Waals surface area contributed by atoms with E-state index in [0.717, 1.165) is 12.2 Å². The number of fused-ring (bicyclic) bond motifs is 1. The van der Waals surface area contributed by atoms with Gasteiger partial charge in [-0.25, -0.2) is 8.42 Å². The van der Waals surface area contributed by atoms with Crippen molar-refractivity contribution in [2.45, 2.75) is 30.2 Å². The van der Waals surface area contributed by atoms with E-state index < -0.39 is 10.0 Å². The van der Waals surface area contributed by atoms with Crippen LogP contribution in [-0.2, 0) is 14.8 Å². The molecule has 0 unspecified atom stereocenters. The quantitative estimate of drug-likeness (QED) is 0.653. The fraction of sp³-hybridized carbons (Fsp3) is 0.522. The number of piperidine rings is 1. The van der Waals surface area contributed by atoms with Crippen LogP contribution in [0.5, 0.6) is 11.5 Å². The molecule has 10 heteroatoms. The van der Waals surface area contributed by atoms with Crippen molar-refractivity contribution in [3.63, 3.8) is 0 Å². The number of rotatable bonds is 7. The molecule has 1 fully saturated rings. The molecule has 0 spiro atoms. The van der Waals surface area contributed by atoms with E-state index >= 15 is 0 Å². The number of likely N-dealkylation sites (N-methyl/N-ethyl adjacent to an activating group) is 1. The number of carbonyl (C=O) groups is 1. The van der Waals surface area contributed by atoms with E-state index in [1.807, 2.05) is 31.1 Å². The van der Waals surface area contributed by atoms with Crippen LogP contribution in [0.2, 0.25) is 0 Å². The Hall–Kier alpha value is -2.56. The topological polar surface area (TPSA) is 101 Å². The van der Waals surface area contributed by atoms with Crippen molar-refractivity contribution in [3.05, 3.63) is 42.4 Å². The first-order valence-corrected chi connectivity index (χ1v) is 12.7. The zero-order chi connectivity index (χ0) is 23.4. The fourth-order valence-electron chi connectivity index (χ4n) is 4.17. The summed E-state index contributed by atoms with van der Waals surface area (Å²) in [6, 6.07) is 8.38. The van der Waals surface area contributed by atoms with E-state index in [1.165, 1.54) is 10.4 Å². The molecule has 1 aromatic heterocycles. The average Bonchev–Trinajstić information content (AvgIpc) is 3.23. The first-order chi connectivity index (χ1) is 15.9.